The van der Waals surface area contributed by atoms with Gasteiger partial charge in [0.1, 0.15) is 0 Å². The van der Waals surface area contributed by atoms with Gasteiger partial charge in [-0.15, -0.1) is 0 Å². The lowest BCUT2D eigenvalue weighted by atomic mass is 10.1. The first-order valence-electron chi connectivity index (χ1n) is 8.28. The molecule has 3 heteroatoms. The van der Waals surface area contributed by atoms with Crippen LogP contribution in [-0.2, 0) is 17.8 Å². The summed E-state index contributed by atoms with van der Waals surface area (Å²) in [5.41, 5.74) is 2.53. The van der Waals surface area contributed by atoms with E-state index in [-0.39, 0.29) is 5.91 Å². The van der Waals surface area contributed by atoms with Crippen LogP contribution in [0.3, 0.4) is 0 Å². The fourth-order valence-electron chi connectivity index (χ4n) is 2.52. The molecule has 0 aromatic heterocycles. The lowest BCUT2D eigenvalue weighted by molar-refractivity contribution is -0.130. The number of nitrogens with one attached hydrogen (secondary N) is 1. The molecule has 2 aromatic carbocycles. The summed E-state index contributed by atoms with van der Waals surface area (Å²) in [6.07, 6.45) is 2.72. The summed E-state index contributed by atoms with van der Waals surface area (Å²) in [5.74, 6) is 0.185. The van der Waals surface area contributed by atoms with Crippen LogP contribution in [0.1, 0.15) is 24.0 Å². The topological polar surface area (TPSA) is 32.3 Å². The van der Waals surface area contributed by atoms with Crippen molar-refractivity contribution >= 4 is 5.91 Å². The minimum absolute atomic E-state index is 0.185. The summed E-state index contributed by atoms with van der Waals surface area (Å²) in [7, 11) is 1.87. The maximum atomic E-state index is 12.1. The molecule has 1 N–H and O–H groups in total. The van der Waals surface area contributed by atoms with E-state index >= 15 is 0 Å². The maximum absolute atomic E-state index is 12.1. The minimum atomic E-state index is 0.185. The number of carbonyl (C=O) groups excluding carboxylic acids is 1. The summed E-state index contributed by atoms with van der Waals surface area (Å²) in [6.45, 7) is 2.37. The molecule has 2 aromatic rings. The van der Waals surface area contributed by atoms with Gasteiger partial charge in [0, 0.05) is 26.6 Å². The number of carbonyl (C=O) groups is 1. The van der Waals surface area contributed by atoms with E-state index in [1.807, 2.05) is 43.4 Å². The van der Waals surface area contributed by atoms with Crippen LogP contribution in [0.15, 0.2) is 60.7 Å². The van der Waals surface area contributed by atoms with Gasteiger partial charge in [-0.05, 0) is 30.5 Å². The first kappa shape index (κ1) is 17.2. The molecule has 0 spiro atoms. The smallest absolute Gasteiger partial charge is 0.223 e. The van der Waals surface area contributed by atoms with E-state index in [1.165, 1.54) is 11.1 Å². The monoisotopic (exact) mass is 310 g/mol. The Morgan fingerprint density at radius 1 is 0.913 bits per heavy atom. The second-order valence-electron chi connectivity index (χ2n) is 5.82. The molecule has 2 rings (SSSR count). The van der Waals surface area contributed by atoms with Gasteiger partial charge in [-0.2, -0.15) is 0 Å². The van der Waals surface area contributed by atoms with E-state index < -0.39 is 0 Å². The number of amides is 1. The van der Waals surface area contributed by atoms with Gasteiger partial charge in [-0.25, -0.2) is 0 Å². The molecule has 0 radical (unpaired) electrons. The van der Waals surface area contributed by atoms with Crippen LogP contribution in [0.5, 0.6) is 0 Å². The molecule has 0 fully saturated rings. The molecule has 0 atom stereocenters. The van der Waals surface area contributed by atoms with Crippen LogP contribution in [-0.4, -0.2) is 30.9 Å². The van der Waals surface area contributed by atoms with Gasteiger partial charge in [0.2, 0.25) is 5.91 Å². The van der Waals surface area contributed by atoms with E-state index in [0.29, 0.717) is 13.0 Å². The predicted octanol–water partition coefficient (Wildman–Crippen LogP) is 3.26. The Morgan fingerprint density at radius 3 is 2.17 bits per heavy atom. The first-order valence-corrected chi connectivity index (χ1v) is 8.28. The van der Waals surface area contributed by atoms with Crippen LogP contribution >= 0.6 is 0 Å². The second-order valence-corrected chi connectivity index (χ2v) is 5.82. The van der Waals surface area contributed by atoms with E-state index in [4.69, 9.17) is 0 Å². The number of rotatable bonds is 9. The van der Waals surface area contributed by atoms with Crippen LogP contribution in [0.4, 0.5) is 0 Å². The van der Waals surface area contributed by atoms with Crippen molar-refractivity contribution in [2.75, 3.05) is 20.1 Å². The van der Waals surface area contributed by atoms with Crippen LogP contribution in [0, 0.1) is 0 Å². The number of aryl methyl sites for hydroxylation is 1. The Bertz CT molecular complexity index is 569. The van der Waals surface area contributed by atoms with Gasteiger partial charge in [0.25, 0.3) is 0 Å². The fourth-order valence-corrected chi connectivity index (χ4v) is 2.52. The van der Waals surface area contributed by atoms with Gasteiger partial charge in [-0.3, -0.25) is 4.79 Å². The Labute approximate surface area is 139 Å². The molecule has 0 aliphatic carbocycles. The summed E-state index contributed by atoms with van der Waals surface area (Å²) in [5, 5.41) is 3.36. The Kier molecular flexibility index (Phi) is 7.34. The van der Waals surface area contributed by atoms with Crippen molar-refractivity contribution in [1.82, 2.24) is 10.2 Å². The highest BCUT2D eigenvalue weighted by atomic mass is 16.2. The molecular formula is C20H26N2O. The minimum Gasteiger partial charge on any atom is -0.341 e. The summed E-state index contributed by atoms with van der Waals surface area (Å²) < 4.78 is 0. The molecule has 122 valence electrons. The Hall–Kier alpha value is -2.13. The number of hydrogen-bond donors (Lipinski definition) is 1. The van der Waals surface area contributed by atoms with Crippen LogP contribution in [0.2, 0.25) is 0 Å². The van der Waals surface area contributed by atoms with Crippen molar-refractivity contribution in [3.8, 4) is 0 Å². The molecule has 0 aliphatic rings. The first-order chi connectivity index (χ1) is 11.3. The highest BCUT2D eigenvalue weighted by Gasteiger charge is 2.08. The zero-order chi connectivity index (χ0) is 16.3. The third-order valence-corrected chi connectivity index (χ3v) is 3.87. The summed E-state index contributed by atoms with van der Waals surface area (Å²) in [4.78, 5) is 13.9. The molecule has 0 unspecified atom stereocenters. The van der Waals surface area contributed by atoms with E-state index in [9.17, 15) is 4.79 Å². The highest BCUT2D eigenvalue weighted by molar-refractivity contribution is 5.76. The lowest BCUT2D eigenvalue weighted by Gasteiger charge is -2.17. The molecule has 0 saturated heterocycles. The zero-order valence-electron chi connectivity index (χ0n) is 13.9. The Morgan fingerprint density at radius 2 is 1.52 bits per heavy atom. The van der Waals surface area contributed by atoms with Crippen molar-refractivity contribution in [2.24, 2.45) is 0 Å². The summed E-state index contributed by atoms with van der Waals surface area (Å²) in [6, 6.07) is 20.6. The third kappa shape index (κ3) is 6.66. The molecule has 0 saturated carbocycles. The van der Waals surface area contributed by atoms with Crippen molar-refractivity contribution in [3.05, 3.63) is 71.8 Å². The van der Waals surface area contributed by atoms with Crippen LogP contribution in [0.25, 0.3) is 0 Å². The van der Waals surface area contributed by atoms with Gasteiger partial charge in [0.15, 0.2) is 0 Å². The number of benzene rings is 2. The predicted molar refractivity (Wildman–Crippen MR) is 95.2 cm³/mol. The molecule has 23 heavy (non-hydrogen) atoms. The van der Waals surface area contributed by atoms with Gasteiger partial charge in [-0.1, -0.05) is 60.7 Å². The van der Waals surface area contributed by atoms with Crippen molar-refractivity contribution in [1.29, 1.82) is 0 Å². The molecule has 3 nitrogen and oxygen atoms in total. The molecule has 0 aliphatic heterocycles. The SMILES string of the molecule is CN(Cc1ccccc1)C(=O)CCNCCCc1ccccc1. The van der Waals surface area contributed by atoms with E-state index in [1.54, 1.807) is 4.90 Å². The van der Waals surface area contributed by atoms with Gasteiger partial charge < -0.3 is 10.2 Å². The molecular weight excluding hydrogens is 284 g/mol. The largest absolute Gasteiger partial charge is 0.341 e. The molecule has 1 amide bonds. The average Bonchev–Trinajstić information content (AvgIpc) is 2.59. The van der Waals surface area contributed by atoms with E-state index in [2.05, 4.69) is 29.6 Å². The van der Waals surface area contributed by atoms with E-state index in [0.717, 1.165) is 25.9 Å². The zero-order valence-corrected chi connectivity index (χ0v) is 13.9. The standard InChI is InChI=1S/C20H26N2O/c1-22(17-19-11-6-3-7-12-19)20(23)14-16-21-15-8-13-18-9-4-2-5-10-18/h2-7,9-12,21H,8,13-17H2,1H3. The highest BCUT2D eigenvalue weighted by Crippen LogP contribution is 2.04. The normalized spacial score (nSPS) is 10.5. The fraction of sp³-hybridized carbons (Fsp3) is 0.350. The van der Waals surface area contributed by atoms with Gasteiger partial charge >= 0.3 is 0 Å². The summed E-state index contributed by atoms with van der Waals surface area (Å²) >= 11 is 0. The third-order valence-electron chi connectivity index (χ3n) is 3.87. The second kappa shape index (κ2) is 9.80. The lowest BCUT2D eigenvalue weighted by Crippen LogP contribution is -2.29. The quantitative estimate of drug-likeness (QED) is 0.721. The average molecular weight is 310 g/mol. The Balaban J connectivity index is 1.56. The number of hydrogen-bond acceptors (Lipinski definition) is 2. The van der Waals surface area contributed by atoms with Crippen molar-refractivity contribution in [3.63, 3.8) is 0 Å². The van der Waals surface area contributed by atoms with Crippen molar-refractivity contribution < 1.29 is 4.79 Å². The van der Waals surface area contributed by atoms with Crippen LogP contribution < -0.4 is 5.32 Å². The molecule has 0 heterocycles. The van der Waals surface area contributed by atoms with Crippen molar-refractivity contribution in [2.45, 2.75) is 25.8 Å². The molecule has 0 bridgehead atoms. The number of nitrogens with zero attached hydrogens (tertiary/aromatic N) is 1. The maximum Gasteiger partial charge on any atom is 0.223 e. The van der Waals surface area contributed by atoms with Gasteiger partial charge in [0.05, 0.1) is 0 Å².